The van der Waals surface area contributed by atoms with Crippen LogP contribution in [-0.4, -0.2) is 24.4 Å². The molecule has 1 aliphatic heterocycles. The van der Waals surface area contributed by atoms with Crippen molar-refractivity contribution in [3.8, 4) is 0 Å². The average Bonchev–Trinajstić information content (AvgIpc) is 3.14. The maximum absolute atomic E-state index is 13.3. The molecule has 1 aromatic rings. The van der Waals surface area contributed by atoms with Crippen LogP contribution in [0.3, 0.4) is 0 Å². The van der Waals surface area contributed by atoms with E-state index in [0.717, 1.165) is 29.9 Å². The van der Waals surface area contributed by atoms with E-state index in [-0.39, 0.29) is 23.8 Å². The number of carbonyl (C=O) groups excluding carboxylic acids is 2. The van der Waals surface area contributed by atoms with E-state index in [1.165, 1.54) is 44.1 Å². The van der Waals surface area contributed by atoms with Crippen molar-refractivity contribution >= 4 is 17.5 Å². The molecule has 1 N–H and O–H groups in total. The maximum Gasteiger partial charge on any atom is 0.227 e. The predicted octanol–water partition coefficient (Wildman–Crippen LogP) is 5.27. The van der Waals surface area contributed by atoms with Crippen molar-refractivity contribution in [3.63, 3.8) is 0 Å². The van der Waals surface area contributed by atoms with Crippen LogP contribution >= 0.6 is 0 Å². The number of nitrogens with zero attached hydrogens (tertiary/aromatic N) is 1. The van der Waals surface area contributed by atoms with Crippen LogP contribution in [0.2, 0.25) is 0 Å². The molecule has 3 atom stereocenters. The van der Waals surface area contributed by atoms with E-state index in [0.29, 0.717) is 24.3 Å². The van der Waals surface area contributed by atoms with E-state index in [1.807, 2.05) is 23.1 Å². The fourth-order valence-corrected chi connectivity index (χ4v) is 7.68. The maximum atomic E-state index is 13.3. The van der Waals surface area contributed by atoms with Crippen LogP contribution in [0.4, 0.5) is 5.69 Å². The Morgan fingerprint density at radius 1 is 1.10 bits per heavy atom. The molecule has 1 heterocycles. The summed E-state index contributed by atoms with van der Waals surface area (Å²) in [4.78, 5) is 28.0. The summed E-state index contributed by atoms with van der Waals surface area (Å²) in [6, 6.07) is 8.42. The van der Waals surface area contributed by atoms with E-state index in [1.54, 1.807) is 0 Å². The van der Waals surface area contributed by atoms with Crippen molar-refractivity contribution in [2.75, 3.05) is 11.4 Å². The van der Waals surface area contributed by atoms with Gasteiger partial charge in [0.25, 0.3) is 0 Å². The smallest absolute Gasteiger partial charge is 0.227 e. The number of para-hydroxylation sites is 1. The molecule has 4 saturated carbocycles. The summed E-state index contributed by atoms with van der Waals surface area (Å²) >= 11 is 0. The van der Waals surface area contributed by atoms with Gasteiger partial charge in [-0.05, 0) is 92.6 Å². The Morgan fingerprint density at radius 3 is 2.32 bits per heavy atom. The minimum atomic E-state index is -0.242. The van der Waals surface area contributed by atoms with E-state index in [9.17, 15) is 9.59 Å². The number of anilines is 1. The number of rotatable bonds is 6. The first-order valence-electron chi connectivity index (χ1n) is 12.6. The Balaban J connectivity index is 1.27. The molecule has 31 heavy (non-hydrogen) atoms. The highest BCUT2D eigenvalue weighted by Crippen LogP contribution is 2.61. The minimum absolute atomic E-state index is 0.0818. The molecule has 1 aromatic carbocycles. The summed E-state index contributed by atoms with van der Waals surface area (Å²) in [5.41, 5.74) is 2.50. The first-order valence-corrected chi connectivity index (χ1v) is 12.6. The first-order chi connectivity index (χ1) is 14.9. The fraction of sp³-hybridized carbons (Fsp3) is 0.704. The van der Waals surface area contributed by atoms with Gasteiger partial charge in [-0.15, -0.1) is 0 Å². The van der Waals surface area contributed by atoms with Crippen LogP contribution in [0.15, 0.2) is 24.3 Å². The van der Waals surface area contributed by atoms with Crippen LogP contribution in [0.5, 0.6) is 0 Å². The third-order valence-electron chi connectivity index (χ3n) is 9.23. The summed E-state index contributed by atoms with van der Waals surface area (Å²) in [7, 11) is 0. The van der Waals surface area contributed by atoms with Gasteiger partial charge in [0, 0.05) is 24.7 Å². The lowest BCUT2D eigenvalue weighted by Crippen LogP contribution is -2.56. The molecule has 1 saturated heterocycles. The number of hydrogen-bond acceptors (Lipinski definition) is 2. The zero-order chi connectivity index (χ0) is 21.8. The lowest BCUT2D eigenvalue weighted by atomic mass is 9.48. The molecule has 4 heteroatoms. The Hall–Kier alpha value is -1.84. The van der Waals surface area contributed by atoms with Crippen LogP contribution in [0.25, 0.3) is 0 Å². The van der Waals surface area contributed by atoms with Crippen molar-refractivity contribution < 1.29 is 9.59 Å². The van der Waals surface area contributed by atoms with Gasteiger partial charge in [-0.25, -0.2) is 0 Å². The molecule has 5 fully saturated rings. The van der Waals surface area contributed by atoms with Gasteiger partial charge in [0.05, 0.1) is 5.92 Å². The number of hydrogen-bond donors (Lipinski definition) is 1. The Kier molecular flexibility index (Phi) is 5.38. The molecule has 0 spiro atoms. The summed E-state index contributed by atoms with van der Waals surface area (Å²) in [5, 5.41) is 3.40. The van der Waals surface area contributed by atoms with Gasteiger partial charge >= 0.3 is 0 Å². The van der Waals surface area contributed by atoms with Crippen LogP contribution in [0, 0.1) is 29.1 Å². The Bertz CT molecular complexity index is 827. The van der Waals surface area contributed by atoms with E-state index in [4.69, 9.17) is 0 Å². The van der Waals surface area contributed by atoms with E-state index >= 15 is 0 Å². The Morgan fingerprint density at radius 2 is 1.71 bits per heavy atom. The molecule has 5 aliphatic rings. The molecule has 4 bridgehead atoms. The van der Waals surface area contributed by atoms with Gasteiger partial charge in [-0.1, -0.05) is 32.0 Å². The average molecular weight is 423 g/mol. The highest BCUT2D eigenvalue weighted by molar-refractivity contribution is 6.01. The zero-order valence-corrected chi connectivity index (χ0v) is 19.4. The number of amides is 2. The topological polar surface area (TPSA) is 49.4 Å². The second kappa shape index (κ2) is 7.94. The molecule has 0 unspecified atom stereocenters. The van der Waals surface area contributed by atoms with E-state index < -0.39 is 0 Å². The molecule has 4 nitrogen and oxygen atoms in total. The van der Waals surface area contributed by atoms with Crippen molar-refractivity contribution in [1.82, 2.24) is 5.32 Å². The first kappa shape index (κ1) is 21.0. The molecular formula is C27H38N2O2. The molecule has 2 amide bonds. The summed E-state index contributed by atoms with van der Waals surface area (Å²) < 4.78 is 0. The summed E-state index contributed by atoms with van der Waals surface area (Å²) in [6.45, 7) is 7.12. The van der Waals surface area contributed by atoms with Crippen LogP contribution in [-0.2, 0) is 9.59 Å². The van der Waals surface area contributed by atoms with Gasteiger partial charge in [0.15, 0.2) is 0 Å². The monoisotopic (exact) mass is 422 g/mol. The third kappa shape index (κ3) is 3.70. The molecule has 0 aromatic heterocycles. The molecule has 168 valence electrons. The van der Waals surface area contributed by atoms with Gasteiger partial charge in [-0.3, -0.25) is 9.59 Å². The van der Waals surface area contributed by atoms with Crippen LogP contribution in [0.1, 0.15) is 83.6 Å². The zero-order valence-electron chi connectivity index (χ0n) is 19.4. The number of nitrogens with one attached hydrogen (secondary N) is 1. The van der Waals surface area contributed by atoms with Crippen LogP contribution < -0.4 is 10.2 Å². The highest BCUT2D eigenvalue weighted by atomic mass is 16.2. The number of benzene rings is 1. The fourth-order valence-electron chi connectivity index (χ4n) is 7.68. The molecule has 4 aliphatic carbocycles. The van der Waals surface area contributed by atoms with Crippen molar-refractivity contribution in [1.29, 1.82) is 0 Å². The van der Waals surface area contributed by atoms with Crippen molar-refractivity contribution in [2.45, 2.75) is 84.1 Å². The third-order valence-corrected chi connectivity index (χ3v) is 9.23. The standard InChI is InChI=1S/C27H38N2O2/c1-4-17(2)23-7-5-6-8-24(23)29-16-22(12-25(29)30)26(31)28-18(3)27-13-19-9-20(14-27)11-21(10-19)15-27/h5-8,17-22H,4,9-16H2,1-3H3,(H,28,31)/t17-,18+,19?,20?,21?,22+,27?/m1/s1. The van der Waals surface area contributed by atoms with Gasteiger partial charge in [0.2, 0.25) is 11.8 Å². The lowest BCUT2D eigenvalue weighted by molar-refractivity contribution is -0.130. The minimum Gasteiger partial charge on any atom is -0.353 e. The summed E-state index contributed by atoms with van der Waals surface area (Å²) in [5.74, 6) is 2.96. The van der Waals surface area contributed by atoms with Crippen molar-refractivity contribution in [2.24, 2.45) is 29.1 Å². The Labute approximate surface area is 187 Å². The van der Waals surface area contributed by atoms with Gasteiger partial charge in [-0.2, -0.15) is 0 Å². The summed E-state index contributed by atoms with van der Waals surface area (Å²) in [6.07, 6.45) is 9.49. The van der Waals surface area contributed by atoms with E-state index in [2.05, 4.69) is 32.2 Å². The molecular weight excluding hydrogens is 384 g/mol. The molecule has 0 radical (unpaired) electrons. The molecule has 6 rings (SSSR count). The lowest BCUT2D eigenvalue weighted by Gasteiger charge is -2.59. The number of carbonyl (C=O) groups is 2. The predicted molar refractivity (Wildman–Crippen MR) is 124 cm³/mol. The quantitative estimate of drug-likeness (QED) is 0.678. The van der Waals surface area contributed by atoms with Crippen molar-refractivity contribution in [3.05, 3.63) is 29.8 Å². The largest absolute Gasteiger partial charge is 0.353 e. The SMILES string of the molecule is CC[C@@H](C)c1ccccc1N1C[C@@H](C(=O)N[C@@H](C)C23CC4CC(CC(C4)C2)C3)CC1=O. The second-order valence-electron chi connectivity index (χ2n) is 11.3. The van der Waals surface area contributed by atoms with Gasteiger partial charge in [0.1, 0.15) is 0 Å². The normalized spacial score (nSPS) is 36.0. The highest BCUT2D eigenvalue weighted by Gasteiger charge is 2.53. The second-order valence-corrected chi connectivity index (χ2v) is 11.3. The van der Waals surface area contributed by atoms with Gasteiger partial charge < -0.3 is 10.2 Å².